The van der Waals surface area contributed by atoms with Crippen LogP contribution in [0, 0.1) is 0 Å². The van der Waals surface area contributed by atoms with Gasteiger partial charge < -0.3 is 10.6 Å². The third-order valence-electron chi connectivity index (χ3n) is 8.98. The van der Waals surface area contributed by atoms with E-state index in [1.807, 2.05) is 12.2 Å². The molecule has 1 aromatic heterocycles. The van der Waals surface area contributed by atoms with E-state index in [1.165, 1.54) is 38.5 Å². The van der Waals surface area contributed by atoms with Gasteiger partial charge in [0.2, 0.25) is 5.96 Å². The Balaban J connectivity index is 1.35. The van der Waals surface area contributed by atoms with Crippen molar-refractivity contribution in [2.45, 2.75) is 24.8 Å². The molecule has 2 heterocycles. The standard InChI is InChI=1S/C39H32N4/c1-2-13-37(42-35-23-12-9-20-32(35)38-27-15-4-3-14-26(27)24-25-36(38)42)41-39(40)43-33-21-10-7-18-30(33)28-16-5-6-17-29(28)31-19-8-11-22-34(31)43/h2-11,13-22,24-25,30,33H,1,12,23H2,(H2,40,41)/b37-13+. The number of hydrogen-bond acceptors (Lipinski definition) is 1. The molecule has 8 rings (SSSR count). The Morgan fingerprint density at radius 1 is 0.884 bits per heavy atom. The zero-order valence-electron chi connectivity index (χ0n) is 23.9. The molecule has 0 radical (unpaired) electrons. The molecule has 5 aromatic rings. The number of aliphatic imine (C=N–C) groups is 1. The van der Waals surface area contributed by atoms with Gasteiger partial charge in [-0.05, 0) is 52.9 Å². The molecule has 2 aliphatic carbocycles. The summed E-state index contributed by atoms with van der Waals surface area (Å²) in [7, 11) is 0. The summed E-state index contributed by atoms with van der Waals surface area (Å²) in [4.78, 5) is 7.47. The van der Waals surface area contributed by atoms with Crippen molar-refractivity contribution >= 4 is 45.2 Å². The number of para-hydroxylation sites is 1. The third kappa shape index (κ3) is 3.94. The fourth-order valence-corrected chi connectivity index (χ4v) is 7.20. The molecule has 0 saturated heterocycles. The highest BCUT2D eigenvalue weighted by molar-refractivity contribution is 6.13. The van der Waals surface area contributed by atoms with Gasteiger partial charge in [-0.2, -0.15) is 4.99 Å². The van der Waals surface area contributed by atoms with Gasteiger partial charge in [-0.15, -0.1) is 0 Å². The van der Waals surface area contributed by atoms with Gasteiger partial charge in [0, 0.05) is 28.1 Å². The Morgan fingerprint density at radius 3 is 2.58 bits per heavy atom. The van der Waals surface area contributed by atoms with Crippen molar-refractivity contribution in [3.05, 3.63) is 151 Å². The van der Waals surface area contributed by atoms with Gasteiger partial charge in [0.05, 0.1) is 17.2 Å². The molecule has 4 heteroatoms. The van der Waals surface area contributed by atoms with E-state index in [-0.39, 0.29) is 12.0 Å². The molecule has 3 aliphatic rings. The van der Waals surface area contributed by atoms with Gasteiger partial charge in [-0.1, -0.05) is 122 Å². The summed E-state index contributed by atoms with van der Waals surface area (Å²) in [5.74, 6) is 1.34. The summed E-state index contributed by atoms with van der Waals surface area (Å²) in [6.07, 6.45) is 19.0. The van der Waals surface area contributed by atoms with Gasteiger partial charge in [-0.3, -0.25) is 4.57 Å². The van der Waals surface area contributed by atoms with E-state index >= 15 is 0 Å². The van der Waals surface area contributed by atoms with Gasteiger partial charge >= 0.3 is 0 Å². The maximum atomic E-state index is 7.14. The number of nitrogens with two attached hydrogens (primary N) is 1. The molecule has 0 amide bonds. The van der Waals surface area contributed by atoms with Crippen LogP contribution in [-0.4, -0.2) is 16.6 Å². The second kappa shape index (κ2) is 10.2. The number of benzene rings is 4. The van der Waals surface area contributed by atoms with Crippen LogP contribution < -0.4 is 10.6 Å². The number of allylic oxidation sites excluding steroid dienone is 5. The summed E-state index contributed by atoms with van der Waals surface area (Å²) >= 11 is 0. The van der Waals surface area contributed by atoms with E-state index in [0.717, 1.165) is 35.4 Å². The van der Waals surface area contributed by atoms with Gasteiger partial charge in [-0.25, -0.2) is 0 Å². The van der Waals surface area contributed by atoms with Gasteiger partial charge in [0.25, 0.3) is 0 Å². The van der Waals surface area contributed by atoms with E-state index in [2.05, 4.69) is 137 Å². The first-order chi connectivity index (χ1) is 21.2. The number of nitrogens with zero attached hydrogens (tertiary/aromatic N) is 3. The van der Waals surface area contributed by atoms with Crippen LogP contribution in [0.5, 0.6) is 0 Å². The Kier molecular flexibility index (Phi) is 6.00. The summed E-state index contributed by atoms with van der Waals surface area (Å²) in [6.45, 7) is 4.07. The largest absolute Gasteiger partial charge is 0.369 e. The predicted octanol–water partition coefficient (Wildman–Crippen LogP) is 8.82. The Morgan fingerprint density at radius 2 is 1.67 bits per heavy atom. The van der Waals surface area contributed by atoms with Crippen LogP contribution in [0.15, 0.2) is 139 Å². The van der Waals surface area contributed by atoms with Crippen molar-refractivity contribution in [1.82, 2.24) is 4.57 Å². The second-order valence-electron chi connectivity index (χ2n) is 11.3. The first-order valence-electron chi connectivity index (χ1n) is 15.0. The highest BCUT2D eigenvalue weighted by Gasteiger charge is 2.35. The maximum Gasteiger partial charge on any atom is 0.203 e. The SMILES string of the molecule is C=C/C=C(\N=C(/N)N1c2ccccc2-c2ccccc2C2C=CC=CC21)n1c2c(c3c4ccccc4ccc31)C=CCC2. The number of fused-ring (bicyclic) bond motifs is 10. The molecular formula is C39H32N4. The third-order valence-corrected chi connectivity index (χ3v) is 8.98. The lowest BCUT2D eigenvalue weighted by atomic mass is 9.85. The molecule has 2 unspecified atom stereocenters. The molecule has 0 bridgehead atoms. The van der Waals surface area contributed by atoms with Crippen LogP contribution in [0.25, 0.3) is 44.7 Å². The van der Waals surface area contributed by atoms with Crippen molar-refractivity contribution in [3.8, 4) is 11.1 Å². The number of anilines is 1. The first-order valence-corrected chi connectivity index (χ1v) is 15.0. The van der Waals surface area contributed by atoms with Crippen LogP contribution in [0.3, 0.4) is 0 Å². The molecule has 2 atom stereocenters. The second-order valence-corrected chi connectivity index (χ2v) is 11.3. The summed E-state index contributed by atoms with van der Waals surface area (Å²) in [6, 6.07) is 30.2. The number of aromatic nitrogens is 1. The number of guanidine groups is 1. The highest BCUT2D eigenvalue weighted by atomic mass is 15.3. The predicted molar refractivity (Wildman–Crippen MR) is 182 cm³/mol. The topological polar surface area (TPSA) is 46.5 Å². The smallest absolute Gasteiger partial charge is 0.203 e. The minimum absolute atomic E-state index is 0.0225. The lowest BCUT2D eigenvalue weighted by Gasteiger charge is -2.35. The van der Waals surface area contributed by atoms with Crippen LogP contribution >= 0.6 is 0 Å². The summed E-state index contributed by atoms with van der Waals surface area (Å²) in [5.41, 5.74) is 15.5. The monoisotopic (exact) mass is 556 g/mol. The molecule has 0 saturated carbocycles. The molecular weight excluding hydrogens is 524 g/mol. The Hall–Kier alpha value is -5.35. The molecule has 1 aliphatic heterocycles. The van der Waals surface area contributed by atoms with Crippen molar-refractivity contribution in [2.75, 3.05) is 4.90 Å². The maximum absolute atomic E-state index is 7.14. The van der Waals surface area contributed by atoms with Crippen LogP contribution in [0.4, 0.5) is 5.69 Å². The number of rotatable bonds is 3. The van der Waals surface area contributed by atoms with E-state index in [1.54, 1.807) is 0 Å². The van der Waals surface area contributed by atoms with Crippen LogP contribution in [0.1, 0.15) is 29.2 Å². The van der Waals surface area contributed by atoms with E-state index < -0.39 is 0 Å². The van der Waals surface area contributed by atoms with E-state index in [0.29, 0.717) is 5.96 Å². The molecule has 4 nitrogen and oxygen atoms in total. The molecule has 4 aromatic carbocycles. The molecule has 2 N–H and O–H groups in total. The Bertz CT molecular complexity index is 2080. The van der Waals surface area contributed by atoms with Gasteiger partial charge in [0.1, 0.15) is 5.82 Å². The highest BCUT2D eigenvalue weighted by Crippen LogP contribution is 2.45. The normalized spacial score (nSPS) is 19.1. The average molecular weight is 557 g/mol. The Labute approximate surface area is 251 Å². The molecule has 208 valence electrons. The lowest BCUT2D eigenvalue weighted by Crippen LogP contribution is -2.46. The van der Waals surface area contributed by atoms with Gasteiger partial charge in [0.15, 0.2) is 0 Å². The lowest BCUT2D eigenvalue weighted by molar-refractivity contribution is 0.706. The fourth-order valence-electron chi connectivity index (χ4n) is 7.20. The van der Waals surface area contributed by atoms with Crippen molar-refractivity contribution in [3.63, 3.8) is 0 Å². The summed E-state index contributed by atoms with van der Waals surface area (Å²) < 4.78 is 2.29. The summed E-state index contributed by atoms with van der Waals surface area (Å²) in [5, 5.41) is 3.73. The van der Waals surface area contributed by atoms with Crippen molar-refractivity contribution in [1.29, 1.82) is 0 Å². The number of hydrogen-bond donors (Lipinski definition) is 1. The minimum Gasteiger partial charge on any atom is -0.369 e. The van der Waals surface area contributed by atoms with E-state index in [4.69, 9.17) is 10.7 Å². The zero-order chi connectivity index (χ0) is 28.9. The zero-order valence-corrected chi connectivity index (χ0v) is 23.9. The van der Waals surface area contributed by atoms with Crippen molar-refractivity contribution < 1.29 is 0 Å². The minimum atomic E-state index is -0.0225. The van der Waals surface area contributed by atoms with Crippen LogP contribution in [0.2, 0.25) is 0 Å². The van der Waals surface area contributed by atoms with Crippen LogP contribution in [-0.2, 0) is 6.42 Å². The average Bonchev–Trinajstić information content (AvgIpc) is 3.33. The fraction of sp³-hybridized carbons (Fsp3) is 0.103. The quantitative estimate of drug-likeness (QED) is 0.137. The molecule has 43 heavy (non-hydrogen) atoms. The first kappa shape index (κ1) is 25.4. The van der Waals surface area contributed by atoms with Crippen molar-refractivity contribution in [2.24, 2.45) is 10.7 Å². The van der Waals surface area contributed by atoms with E-state index in [9.17, 15) is 0 Å². The molecule has 0 fully saturated rings. The molecule has 0 spiro atoms.